The van der Waals surface area contributed by atoms with Crippen molar-refractivity contribution in [2.24, 2.45) is 0 Å². The maximum Gasteiger partial charge on any atom is 0.259 e. The molecule has 0 spiro atoms. The second-order valence-corrected chi connectivity index (χ2v) is 4.96. The molecule has 1 amide bonds. The fourth-order valence-corrected chi connectivity index (χ4v) is 1.93. The molecule has 1 aromatic heterocycles. The van der Waals surface area contributed by atoms with Gasteiger partial charge in [-0.3, -0.25) is 4.79 Å². The highest BCUT2D eigenvalue weighted by Gasteiger charge is 2.14. The largest absolute Gasteiger partial charge is 0.383 e. The lowest BCUT2D eigenvalue weighted by atomic mass is 10.2. The topological polar surface area (TPSA) is 68.0 Å². The van der Waals surface area contributed by atoms with Crippen molar-refractivity contribution in [2.75, 3.05) is 11.1 Å². The number of benzene rings is 1. The molecule has 0 bridgehead atoms. The zero-order chi connectivity index (χ0) is 14.0. The molecule has 0 fully saturated rings. The van der Waals surface area contributed by atoms with Crippen LogP contribution in [0.25, 0.3) is 0 Å². The van der Waals surface area contributed by atoms with Gasteiger partial charge in [-0.25, -0.2) is 9.37 Å². The van der Waals surface area contributed by atoms with Gasteiger partial charge in [-0.15, -0.1) is 0 Å². The Morgan fingerprint density at radius 3 is 2.95 bits per heavy atom. The van der Waals surface area contributed by atoms with E-state index in [0.717, 1.165) is 0 Å². The van der Waals surface area contributed by atoms with E-state index in [0.29, 0.717) is 4.47 Å². The van der Waals surface area contributed by atoms with Crippen LogP contribution in [0.4, 0.5) is 15.9 Å². The molecule has 0 atom stereocenters. The molecule has 1 aromatic carbocycles. The Labute approximate surface area is 121 Å². The third-order valence-corrected chi connectivity index (χ3v) is 3.06. The Bertz CT molecular complexity index is 651. The van der Waals surface area contributed by atoms with Crippen LogP contribution in [0.15, 0.2) is 34.9 Å². The number of anilines is 2. The van der Waals surface area contributed by atoms with Crippen molar-refractivity contribution in [2.45, 2.75) is 0 Å². The van der Waals surface area contributed by atoms with Crippen LogP contribution in [0, 0.1) is 5.82 Å². The molecule has 0 saturated carbocycles. The van der Waals surface area contributed by atoms with Crippen molar-refractivity contribution < 1.29 is 9.18 Å². The number of pyridine rings is 1. The smallest absolute Gasteiger partial charge is 0.259 e. The van der Waals surface area contributed by atoms with Crippen LogP contribution in [-0.4, -0.2) is 10.9 Å². The molecule has 0 unspecified atom stereocenters. The van der Waals surface area contributed by atoms with E-state index in [2.05, 4.69) is 26.2 Å². The van der Waals surface area contributed by atoms with Gasteiger partial charge >= 0.3 is 0 Å². The number of carbonyl (C=O) groups excluding carboxylic acids is 1. The zero-order valence-electron chi connectivity index (χ0n) is 9.45. The summed E-state index contributed by atoms with van der Waals surface area (Å²) in [5.74, 6) is -1.20. The highest BCUT2D eigenvalue weighted by molar-refractivity contribution is 9.10. The minimum Gasteiger partial charge on any atom is -0.383 e. The quantitative estimate of drug-likeness (QED) is 0.876. The molecule has 0 saturated heterocycles. The first-order chi connectivity index (χ1) is 8.99. The lowest BCUT2D eigenvalue weighted by molar-refractivity contribution is 0.102. The third-order valence-electron chi connectivity index (χ3n) is 2.33. The predicted molar refractivity (Wildman–Crippen MR) is 75.7 cm³/mol. The molecule has 0 radical (unpaired) electrons. The summed E-state index contributed by atoms with van der Waals surface area (Å²) in [6.45, 7) is 0. The van der Waals surface area contributed by atoms with Gasteiger partial charge in [0.2, 0.25) is 0 Å². The number of nitrogen functional groups attached to an aromatic ring is 1. The van der Waals surface area contributed by atoms with E-state index in [1.807, 2.05) is 0 Å². The summed E-state index contributed by atoms with van der Waals surface area (Å²) in [6.07, 6.45) is 1.46. The molecular weight excluding hydrogens is 337 g/mol. The minimum absolute atomic E-state index is 0.0168. The Balaban J connectivity index is 2.31. The van der Waals surface area contributed by atoms with Gasteiger partial charge in [0.05, 0.1) is 16.3 Å². The monoisotopic (exact) mass is 343 g/mol. The molecule has 4 nitrogen and oxygen atoms in total. The summed E-state index contributed by atoms with van der Waals surface area (Å²) < 4.78 is 14.3. The first-order valence-corrected chi connectivity index (χ1v) is 6.32. The second kappa shape index (κ2) is 5.54. The molecule has 7 heteroatoms. The number of hydrogen-bond acceptors (Lipinski definition) is 3. The maximum atomic E-state index is 13.7. The van der Waals surface area contributed by atoms with Gasteiger partial charge in [0.1, 0.15) is 5.82 Å². The number of aromatic nitrogens is 1. The lowest BCUT2D eigenvalue weighted by Crippen LogP contribution is -2.15. The minimum atomic E-state index is -0.695. The lowest BCUT2D eigenvalue weighted by Gasteiger charge is -2.08. The summed E-state index contributed by atoms with van der Waals surface area (Å²) >= 11 is 8.81. The van der Waals surface area contributed by atoms with Crippen LogP contribution in [0.5, 0.6) is 0 Å². The predicted octanol–water partition coefficient (Wildman–Crippen LogP) is 3.47. The van der Waals surface area contributed by atoms with Crippen molar-refractivity contribution in [3.63, 3.8) is 0 Å². The van der Waals surface area contributed by atoms with Crippen molar-refractivity contribution in [1.29, 1.82) is 0 Å². The molecule has 19 heavy (non-hydrogen) atoms. The third kappa shape index (κ3) is 3.02. The first kappa shape index (κ1) is 13.8. The number of nitrogens with one attached hydrogen (secondary N) is 1. The van der Waals surface area contributed by atoms with E-state index in [1.54, 1.807) is 0 Å². The SMILES string of the molecule is Nc1ncc(Br)cc1C(=O)Nc1cccc(Cl)c1F. The Morgan fingerprint density at radius 1 is 1.47 bits per heavy atom. The van der Waals surface area contributed by atoms with Gasteiger partial charge in [0.15, 0.2) is 5.82 Å². The zero-order valence-corrected chi connectivity index (χ0v) is 11.8. The van der Waals surface area contributed by atoms with Gasteiger partial charge in [-0.1, -0.05) is 17.7 Å². The highest BCUT2D eigenvalue weighted by atomic mass is 79.9. The number of carbonyl (C=O) groups is 1. The number of nitrogens with two attached hydrogens (primary N) is 1. The van der Waals surface area contributed by atoms with Gasteiger partial charge in [-0.2, -0.15) is 0 Å². The molecule has 98 valence electrons. The van der Waals surface area contributed by atoms with Gasteiger partial charge in [0, 0.05) is 10.7 Å². The van der Waals surface area contributed by atoms with E-state index in [1.165, 1.54) is 30.5 Å². The van der Waals surface area contributed by atoms with E-state index >= 15 is 0 Å². The molecule has 3 N–H and O–H groups in total. The van der Waals surface area contributed by atoms with Crippen LogP contribution in [0.1, 0.15) is 10.4 Å². The maximum absolute atomic E-state index is 13.7. The van der Waals surface area contributed by atoms with E-state index < -0.39 is 11.7 Å². The Kier molecular flexibility index (Phi) is 4.01. The number of rotatable bonds is 2. The van der Waals surface area contributed by atoms with Crippen LogP contribution in [0.2, 0.25) is 5.02 Å². The molecule has 0 aliphatic rings. The van der Waals surface area contributed by atoms with Gasteiger partial charge < -0.3 is 11.1 Å². The Morgan fingerprint density at radius 2 is 2.21 bits per heavy atom. The van der Waals surface area contributed by atoms with Crippen LogP contribution < -0.4 is 11.1 Å². The van der Waals surface area contributed by atoms with Crippen molar-refractivity contribution >= 4 is 44.9 Å². The van der Waals surface area contributed by atoms with Gasteiger partial charge in [-0.05, 0) is 34.1 Å². The van der Waals surface area contributed by atoms with Gasteiger partial charge in [0.25, 0.3) is 5.91 Å². The van der Waals surface area contributed by atoms with Crippen LogP contribution in [0.3, 0.4) is 0 Å². The molecule has 0 aliphatic carbocycles. The molecule has 0 aliphatic heterocycles. The number of halogens is 3. The average Bonchev–Trinajstić information content (AvgIpc) is 2.38. The molecule has 2 aromatic rings. The number of hydrogen-bond donors (Lipinski definition) is 2. The molecular formula is C12H8BrClFN3O. The summed E-state index contributed by atoms with van der Waals surface area (Å²) in [4.78, 5) is 15.8. The second-order valence-electron chi connectivity index (χ2n) is 3.64. The number of nitrogens with zero attached hydrogens (tertiary/aromatic N) is 1. The van der Waals surface area contributed by atoms with E-state index in [9.17, 15) is 9.18 Å². The van der Waals surface area contributed by atoms with Crippen LogP contribution in [-0.2, 0) is 0 Å². The van der Waals surface area contributed by atoms with E-state index in [-0.39, 0.29) is 22.1 Å². The fourth-order valence-electron chi connectivity index (χ4n) is 1.42. The standard InChI is InChI=1S/C12H8BrClFN3O/c13-6-4-7(11(16)17-5-6)12(19)18-9-3-1-2-8(14)10(9)15/h1-5H,(H2,16,17)(H,18,19). The first-order valence-electron chi connectivity index (χ1n) is 5.15. The number of amides is 1. The normalized spacial score (nSPS) is 10.3. The highest BCUT2D eigenvalue weighted by Crippen LogP contribution is 2.23. The summed E-state index contributed by atoms with van der Waals surface area (Å²) in [6, 6.07) is 5.83. The molecule has 1 heterocycles. The average molecular weight is 345 g/mol. The van der Waals surface area contributed by atoms with Crippen molar-refractivity contribution in [1.82, 2.24) is 4.98 Å². The molecule has 2 rings (SSSR count). The summed E-state index contributed by atoms with van der Waals surface area (Å²) in [5, 5.41) is 2.32. The van der Waals surface area contributed by atoms with Crippen molar-refractivity contribution in [3.05, 3.63) is 51.3 Å². The summed E-state index contributed by atoms with van der Waals surface area (Å²) in [7, 11) is 0. The van der Waals surface area contributed by atoms with Crippen LogP contribution >= 0.6 is 27.5 Å². The fraction of sp³-hybridized carbons (Fsp3) is 0. The summed E-state index contributed by atoms with van der Waals surface area (Å²) in [5.41, 5.74) is 5.73. The van der Waals surface area contributed by atoms with Crippen molar-refractivity contribution in [3.8, 4) is 0 Å². The Hall–Kier alpha value is -1.66. The van der Waals surface area contributed by atoms with E-state index in [4.69, 9.17) is 17.3 Å².